The second-order valence-electron chi connectivity index (χ2n) is 4.62. The van der Waals surface area contributed by atoms with Crippen molar-refractivity contribution in [3.63, 3.8) is 0 Å². The number of nitrogens with zero attached hydrogens (tertiary/aromatic N) is 3. The van der Waals surface area contributed by atoms with Crippen LogP contribution in [0.5, 0.6) is 5.75 Å². The minimum Gasteiger partial charge on any atom is -0.872 e. The third kappa shape index (κ3) is 2.79. The fourth-order valence-electron chi connectivity index (χ4n) is 2.00. The number of non-ortho nitro benzene ring substituents is 1. The smallest absolute Gasteiger partial charge is 0.270 e. The molecule has 3 rings (SSSR count). The van der Waals surface area contributed by atoms with E-state index in [1.165, 1.54) is 24.4 Å². The molecule has 1 heterocycles. The number of aromatic nitrogens is 1. The van der Waals surface area contributed by atoms with Crippen molar-refractivity contribution in [2.75, 3.05) is 0 Å². The molecule has 0 aliphatic rings. The van der Waals surface area contributed by atoms with Gasteiger partial charge in [-0.05, 0) is 30.7 Å². The number of fused-ring (bicyclic) bond motifs is 1. The predicted octanol–water partition coefficient (Wildman–Crippen LogP) is 3.34. The summed E-state index contributed by atoms with van der Waals surface area (Å²) in [5.41, 5.74) is 1.63. The van der Waals surface area contributed by atoms with E-state index < -0.39 is 4.92 Å². The molecule has 0 spiro atoms. The Morgan fingerprint density at radius 2 is 2.09 bits per heavy atom. The molecule has 0 amide bonds. The van der Waals surface area contributed by atoms with Crippen molar-refractivity contribution in [2.45, 2.75) is 6.92 Å². The van der Waals surface area contributed by atoms with Crippen LogP contribution in [0.25, 0.3) is 10.2 Å². The summed E-state index contributed by atoms with van der Waals surface area (Å²) in [6, 6.07) is 9.11. The van der Waals surface area contributed by atoms with Crippen LogP contribution in [0.15, 0.2) is 41.4 Å². The Bertz CT molecular complexity index is 902. The number of nitro groups is 1. The maximum atomic E-state index is 11.7. The summed E-state index contributed by atoms with van der Waals surface area (Å²) in [5.74, 6) is -0.302. The van der Waals surface area contributed by atoms with Crippen molar-refractivity contribution in [3.05, 3.63) is 57.1 Å². The van der Waals surface area contributed by atoms with Crippen molar-refractivity contribution in [3.8, 4) is 5.75 Å². The van der Waals surface area contributed by atoms with E-state index in [1.54, 1.807) is 17.4 Å². The lowest BCUT2D eigenvalue weighted by Gasteiger charge is -2.08. The van der Waals surface area contributed by atoms with Gasteiger partial charge in [-0.1, -0.05) is 11.8 Å². The molecular weight excluding hydrogens is 302 g/mol. The van der Waals surface area contributed by atoms with Crippen LogP contribution in [0, 0.1) is 17.0 Å². The monoisotopic (exact) mass is 312 g/mol. The Labute approximate surface area is 129 Å². The SMILES string of the molecule is Cc1nc2ccc(N=Cc3cc([N+](=O)[O-])ccc3[O-])cc2s1. The number of nitro benzene ring substituents is 1. The molecule has 7 heteroatoms. The summed E-state index contributed by atoms with van der Waals surface area (Å²) < 4.78 is 1.01. The van der Waals surface area contributed by atoms with Crippen molar-refractivity contribution in [1.82, 2.24) is 4.98 Å². The Balaban J connectivity index is 1.95. The van der Waals surface area contributed by atoms with Gasteiger partial charge in [-0.15, -0.1) is 11.3 Å². The van der Waals surface area contributed by atoms with Crippen LogP contribution in [0.2, 0.25) is 0 Å². The number of benzene rings is 2. The van der Waals surface area contributed by atoms with Crippen LogP contribution in [0.1, 0.15) is 10.6 Å². The number of thiazole rings is 1. The van der Waals surface area contributed by atoms with Crippen molar-refractivity contribution in [2.24, 2.45) is 4.99 Å². The van der Waals surface area contributed by atoms with Gasteiger partial charge >= 0.3 is 0 Å². The fraction of sp³-hybridized carbons (Fsp3) is 0.0667. The van der Waals surface area contributed by atoms with Crippen LogP contribution in [0.3, 0.4) is 0 Å². The molecule has 3 aromatic rings. The van der Waals surface area contributed by atoms with Crippen LogP contribution >= 0.6 is 11.3 Å². The molecule has 0 atom stereocenters. The largest absolute Gasteiger partial charge is 0.872 e. The molecule has 22 heavy (non-hydrogen) atoms. The standard InChI is InChI=1S/C15H11N3O3S/c1-9-17-13-4-2-11(7-15(13)22-9)16-8-10-6-12(18(20)21)3-5-14(10)19/h2-8,19H,1H3/p-1. The molecule has 0 saturated carbocycles. The predicted molar refractivity (Wildman–Crippen MR) is 84.2 cm³/mol. The van der Waals surface area contributed by atoms with Gasteiger partial charge in [0.25, 0.3) is 5.69 Å². The van der Waals surface area contributed by atoms with Gasteiger partial charge in [0.2, 0.25) is 0 Å². The van der Waals surface area contributed by atoms with E-state index in [9.17, 15) is 15.2 Å². The molecule has 2 aromatic carbocycles. The van der Waals surface area contributed by atoms with E-state index in [4.69, 9.17) is 0 Å². The highest BCUT2D eigenvalue weighted by atomic mass is 32.1. The first-order valence-electron chi connectivity index (χ1n) is 6.39. The fourth-order valence-corrected chi connectivity index (χ4v) is 2.86. The van der Waals surface area contributed by atoms with Crippen LogP contribution in [-0.4, -0.2) is 16.1 Å². The number of hydrogen-bond acceptors (Lipinski definition) is 6. The summed E-state index contributed by atoms with van der Waals surface area (Å²) >= 11 is 1.56. The molecule has 0 radical (unpaired) electrons. The Hall–Kier alpha value is -2.80. The quantitative estimate of drug-likeness (QED) is 0.421. The average molecular weight is 312 g/mol. The van der Waals surface area contributed by atoms with Crippen LogP contribution in [0.4, 0.5) is 11.4 Å². The van der Waals surface area contributed by atoms with Crippen molar-refractivity contribution < 1.29 is 10.0 Å². The topological polar surface area (TPSA) is 91.5 Å². The van der Waals surface area contributed by atoms with E-state index in [1.807, 2.05) is 19.1 Å². The highest BCUT2D eigenvalue weighted by Crippen LogP contribution is 2.26. The molecule has 0 unspecified atom stereocenters. The first-order valence-corrected chi connectivity index (χ1v) is 7.21. The molecule has 110 valence electrons. The molecule has 0 aliphatic carbocycles. The lowest BCUT2D eigenvalue weighted by Crippen LogP contribution is -1.98. The lowest BCUT2D eigenvalue weighted by atomic mass is 10.2. The summed E-state index contributed by atoms with van der Waals surface area (Å²) in [6.45, 7) is 1.93. The first kappa shape index (κ1) is 14.2. The van der Waals surface area contributed by atoms with Crippen molar-refractivity contribution in [1.29, 1.82) is 0 Å². The molecule has 0 saturated heterocycles. The zero-order valence-corrected chi connectivity index (χ0v) is 12.3. The van der Waals surface area contributed by atoms with Gasteiger partial charge < -0.3 is 5.11 Å². The average Bonchev–Trinajstić information content (AvgIpc) is 2.85. The van der Waals surface area contributed by atoms with Crippen LogP contribution < -0.4 is 5.11 Å². The van der Waals surface area contributed by atoms with Gasteiger partial charge in [0.1, 0.15) is 0 Å². The molecule has 0 fully saturated rings. The zero-order valence-electron chi connectivity index (χ0n) is 11.5. The molecule has 6 nitrogen and oxygen atoms in total. The molecule has 0 bridgehead atoms. The Morgan fingerprint density at radius 1 is 1.27 bits per heavy atom. The van der Waals surface area contributed by atoms with Gasteiger partial charge in [0.05, 0.1) is 25.8 Å². The number of aliphatic imine (C=N–C) groups is 1. The number of aryl methyl sites for hydroxylation is 1. The minimum absolute atomic E-state index is 0.130. The van der Waals surface area contributed by atoms with Gasteiger partial charge in [-0.3, -0.25) is 15.1 Å². The maximum Gasteiger partial charge on any atom is 0.270 e. The van der Waals surface area contributed by atoms with E-state index >= 15 is 0 Å². The minimum atomic E-state index is -0.539. The summed E-state index contributed by atoms with van der Waals surface area (Å²) in [6.07, 6.45) is 1.35. The number of hydrogen-bond donors (Lipinski definition) is 0. The second-order valence-corrected chi connectivity index (χ2v) is 5.86. The highest BCUT2D eigenvalue weighted by molar-refractivity contribution is 7.18. The lowest BCUT2D eigenvalue weighted by molar-refractivity contribution is -0.385. The van der Waals surface area contributed by atoms with Gasteiger partial charge in [0.15, 0.2) is 0 Å². The molecule has 0 aliphatic heterocycles. The van der Waals surface area contributed by atoms with E-state index in [0.717, 1.165) is 15.2 Å². The van der Waals surface area contributed by atoms with E-state index in [0.29, 0.717) is 5.69 Å². The maximum absolute atomic E-state index is 11.7. The van der Waals surface area contributed by atoms with E-state index in [2.05, 4.69) is 9.98 Å². The second kappa shape index (κ2) is 5.53. The normalized spacial score (nSPS) is 11.3. The van der Waals surface area contributed by atoms with E-state index in [-0.39, 0.29) is 17.0 Å². The summed E-state index contributed by atoms with van der Waals surface area (Å²) in [4.78, 5) is 18.8. The molecular formula is C15H10N3O3S-. The summed E-state index contributed by atoms with van der Waals surface area (Å²) in [7, 11) is 0. The summed E-state index contributed by atoms with van der Waals surface area (Å²) in [5, 5.41) is 23.4. The van der Waals surface area contributed by atoms with Gasteiger partial charge in [-0.25, -0.2) is 4.98 Å². The van der Waals surface area contributed by atoms with Crippen molar-refractivity contribution >= 4 is 39.1 Å². The number of rotatable bonds is 3. The van der Waals surface area contributed by atoms with Crippen LogP contribution in [-0.2, 0) is 0 Å². The molecule has 1 aromatic heterocycles. The van der Waals surface area contributed by atoms with Gasteiger partial charge in [0, 0.05) is 18.3 Å². The van der Waals surface area contributed by atoms with Gasteiger partial charge in [-0.2, -0.15) is 0 Å². The Morgan fingerprint density at radius 3 is 2.86 bits per heavy atom. The highest BCUT2D eigenvalue weighted by Gasteiger charge is 2.05. The third-order valence-corrected chi connectivity index (χ3v) is 3.97. The molecule has 0 N–H and O–H groups in total. The zero-order chi connectivity index (χ0) is 15.7. The third-order valence-electron chi connectivity index (χ3n) is 3.04. The Kier molecular flexibility index (Phi) is 3.56. The first-order chi connectivity index (χ1) is 10.5.